The van der Waals surface area contributed by atoms with E-state index in [0.717, 1.165) is 0 Å². The third kappa shape index (κ3) is 31.5. The van der Waals surface area contributed by atoms with Crippen molar-refractivity contribution in [3.8, 4) is 0 Å². The average Bonchev–Trinajstić information content (AvgIpc) is 0.918. The van der Waals surface area contributed by atoms with Crippen LogP contribution in [0, 0.1) is 11.3 Å². The minimum atomic E-state index is -0.417. The molecular formula is Cl2Na2O2. The van der Waals surface area contributed by atoms with E-state index < -0.39 is 11.3 Å². The van der Waals surface area contributed by atoms with Gasteiger partial charge in [-0.1, -0.05) is 0 Å². The van der Waals surface area contributed by atoms with Crippen molar-refractivity contribution >= 4 is 0 Å². The number of halogens is 2. The largest absolute Gasteiger partial charge is 1.00 e. The average molecular weight is 149 g/mol. The zero-order valence-corrected chi connectivity index (χ0v) is 9.08. The Morgan fingerprint density at radius 3 is 1.00 bits per heavy atom. The van der Waals surface area contributed by atoms with Gasteiger partial charge in [-0.2, -0.15) is 0 Å². The summed E-state index contributed by atoms with van der Waals surface area (Å²) in [6.07, 6.45) is 0. The summed E-state index contributed by atoms with van der Waals surface area (Å²) in [7, 11) is 0. The van der Waals surface area contributed by atoms with E-state index in [1.807, 2.05) is 0 Å². The zero-order chi connectivity index (χ0) is 2.71. The van der Waals surface area contributed by atoms with Crippen LogP contribution in [0.5, 0.6) is 0 Å². The molecule has 0 aliphatic heterocycles. The minimum Gasteiger partial charge on any atom is -1.00 e. The summed E-state index contributed by atoms with van der Waals surface area (Å²) in [5.41, 5.74) is 0. The molecule has 6 heavy (non-hydrogen) atoms. The van der Waals surface area contributed by atoms with Gasteiger partial charge in [0, 0.05) is 0 Å². The molecule has 0 rings (SSSR count). The summed E-state index contributed by atoms with van der Waals surface area (Å²) in [5.74, 6) is 0. The zero-order valence-electron chi connectivity index (χ0n) is 3.57. The first-order valence-corrected chi connectivity index (χ1v) is 0.926. The van der Waals surface area contributed by atoms with Crippen molar-refractivity contribution < 1.29 is 92.2 Å². The summed E-state index contributed by atoms with van der Waals surface area (Å²) in [5, 5.41) is 0. The molecule has 0 unspecified atom stereocenters. The topological polar surface area (TPSA) is 46.1 Å². The molecule has 0 aromatic heterocycles. The van der Waals surface area contributed by atoms with Crippen molar-refractivity contribution in [1.82, 2.24) is 0 Å². The monoisotopic (exact) mass is 148 g/mol. The van der Waals surface area contributed by atoms with E-state index in [0.29, 0.717) is 0 Å². The SMILES string of the molecule is [Cl-].[Na+].[Na+].[O-][Cl+][O-]. The molecular weight excluding hydrogens is 149 g/mol. The predicted molar refractivity (Wildman–Crippen MR) is 0 cm³/mol. The van der Waals surface area contributed by atoms with Gasteiger partial charge in [0.1, 0.15) is 0 Å². The molecule has 0 fully saturated rings. The van der Waals surface area contributed by atoms with Crippen molar-refractivity contribution in [2.45, 2.75) is 0 Å². The molecule has 0 aromatic carbocycles. The van der Waals surface area contributed by atoms with Crippen molar-refractivity contribution in [3.63, 3.8) is 0 Å². The van der Waals surface area contributed by atoms with Gasteiger partial charge in [-0.3, -0.25) is 0 Å². The van der Waals surface area contributed by atoms with E-state index in [4.69, 9.17) is 9.32 Å². The summed E-state index contributed by atoms with van der Waals surface area (Å²) >= 11 is -0.417. The van der Waals surface area contributed by atoms with Crippen molar-refractivity contribution in [2.75, 3.05) is 0 Å². The first-order valence-electron chi connectivity index (χ1n) is 0.309. The second-order valence-electron chi connectivity index (χ2n) is 0.0630. The van der Waals surface area contributed by atoms with Crippen LogP contribution in [0.2, 0.25) is 0 Å². The maximum atomic E-state index is 8.24. The Hall–Kier alpha value is 2.50. The summed E-state index contributed by atoms with van der Waals surface area (Å²) in [6.45, 7) is 0. The van der Waals surface area contributed by atoms with Crippen LogP contribution < -0.4 is 80.8 Å². The molecule has 28 valence electrons. The van der Waals surface area contributed by atoms with Crippen LogP contribution in [0.15, 0.2) is 0 Å². The van der Waals surface area contributed by atoms with E-state index in [-0.39, 0.29) is 71.5 Å². The normalized spacial score (nSPS) is 3.00. The van der Waals surface area contributed by atoms with Gasteiger partial charge in [0.05, 0.1) is 11.3 Å². The maximum Gasteiger partial charge on any atom is 1.00 e. The van der Waals surface area contributed by atoms with Gasteiger partial charge >= 0.3 is 59.1 Å². The van der Waals surface area contributed by atoms with Gasteiger partial charge in [-0.25, -0.2) is 0 Å². The number of hydrogen-bond donors (Lipinski definition) is 0. The Labute approximate surface area is 90.7 Å². The Balaban J connectivity index is -0.00000000667. The first-order chi connectivity index (χ1) is 1.41. The number of rotatable bonds is 0. The minimum absolute atomic E-state index is 0. The molecule has 0 saturated heterocycles. The van der Waals surface area contributed by atoms with Crippen LogP contribution in [0.4, 0.5) is 0 Å². The van der Waals surface area contributed by atoms with Gasteiger partial charge in [-0.05, 0) is 0 Å². The second-order valence-corrected chi connectivity index (χ2v) is 0.189. The molecule has 0 heterocycles. The fourth-order valence-corrected chi connectivity index (χ4v) is 0. The second kappa shape index (κ2) is 25.9. The van der Waals surface area contributed by atoms with E-state index in [2.05, 4.69) is 0 Å². The van der Waals surface area contributed by atoms with Crippen LogP contribution in [0.1, 0.15) is 0 Å². The fraction of sp³-hybridized carbons (Fsp3) is 0. The Morgan fingerprint density at radius 1 is 1.00 bits per heavy atom. The fourth-order valence-electron chi connectivity index (χ4n) is 0. The third-order valence-corrected chi connectivity index (χ3v) is 0. The molecule has 0 bridgehead atoms. The third-order valence-electron chi connectivity index (χ3n) is 0. The Morgan fingerprint density at radius 2 is 1.00 bits per heavy atom. The van der Waals surface area contributed by atoms with Crippen LogP contribution in [-0.4, -0.2) is 0 Å². The molecule has 0 spiro atoms. The van der Waals surface area contributed by atoms with E-state index in [9.17, 15) is 0 Å². The maximum absolute atomic E-state index is 8.24. The van der Waals surface area contributed by atoms with Crippen LogP contribution in [-0.2, 0) is 0 Å². The smallest absolute Gasteiger partial charge is 1.00 e. The molecule has 0 amide bonds. The quantitative estimate of drug-likeness (QED) is 0.321. The molecule has 0 atom stereocenters. The van der Waals surface area contributed by atoms with Crippen LogP contribution in [0.3, 0.4) is 0 Å². The van der Waals surface area contributed by atoms with Crippen LogP contribution >= 0.6 is 0 Å². The number of hydrogen-bond acceptors (Lipinski definition) is 2. The molecule has 2 nitrogen and oxygen atoms in total. The standard InChI is InChI=1S/ClO2.ClH.2Na/c2-1-3;;;/h;1H;;/q-1;;2*+1/p-1. The van der Waals surface area contributed by atoms with Crippen molar-refractivity contribution in [2.24, 2.45) is 0 Å². The summed E-state index contributed by atoms with van der Waals surface area (Å²) < 4.78 is 16.5. The molecule has 0 radical (unpaired) electrons. The molecule has 0 N–H and O–H groups in total. The molecule has 0 saturated carbocycles. The predicted octanol–water partition coefficient (Wildman–Crippen LogP) is -11.4. The Kier molecular flexibility index (Phi) is 102. The van der Waals surface area contributed by atoms with Crippen molar-refractivity contribution in [3.05, 3.63) is 0 Å². The summed E-state index contributed by atoms with van der Waals surface area (Å²) in [4.78, 5) is 0. The van der Waals surface area contributed by atoms with Crippen molar-refractivity contribution in [1.29, 1.82) is 0 Å². The van der Waals surface area contributed by atoms with E-state index in [1.165, 1.54) is 0 Å². The molecule has 6 heteroatoms. The summed E-state index contributed by atoms with van der Waals surface area (Å²) in [6, 6.07) is 0. The van der Waals surface area contributed by atoms with Gasteiger partial charge < -0.3 is 21.7 Å². The first kappa shape index (κ1) is 23.6. The van der Waals surface area contributed by atoms with Gasteiger partial charge in [0.2, 0.25) is 0 Å². The molecule has 0 aliphatic rings. The van der Waals surface area contributed by atoms with E-state index in [1.54, 1.807) is 0 Å². The van der Waals surface area contributed by atoms with Gasteiger partial charge in [0.25, 0.3) is 0 Å². The Bertz CT molecular complexity index is 9.51. The van der Waals surface area contributed by atoms with E-state index >= 15 is 0 Å². The molecule has 0 aromatic rings. The molecule has 0 aliphatic carbocycles. The van der Waals surface area contributed by atoms with Gasteiger partial charge in [0.15, 0.2) is 0 Å². The van der Waals surface area contributed by atoms with Crippen LogP contribution in [0.25, 0.3) is 0 Å². The van der Waals surface area contributed by atoms with Gasteiger partial charge in [-0.15, -0.1) is 0 Å².